The van der Waals surface area contributed by atoms with Gasteiger partial charge < -0.3 is 24.4 Å². The Balaban J connectivity index is 1.30. The first-order valence-corrected chi connectivity index (χ1v) is 11.8. The third-order valence-electron chi connectivity index (χ3n) is 6.42. The standard InChI is InChI=1S/C24H31N5O4/c30-23(25-20-6-5-18-3-1-2-4-19(18)20)21-17-22(33-16-9-28-7-12-31-13-8-28)27-24(26-21)29-10-14-32-15-11-29/h1-4,17,20H,5-16H2,(H,25,30). The summed E-state index contributed by atoms with van der Waals surface area (Å²) in [6.45, 7) is 7.22. The number of carbonyl (C=O) groups is 1. The summed E-state index contributed by atoms with van der Waals surface area (Å²) in [5, 5.41) is 3.17. The summed E-state index contributed by atoms with van der Waals surface area (Å²) in [6.07, 6.45) is 1.87. The predicted molar refractivity (Wildman–Crippen MR) is 123 cm³/mol. The summed E-state index contributed by atoms with van der Waals surface area (Å²) < 4.78 is 16.8. The summed E-state index contributed by atoms with van der Waals surface area (Å²) >= 11 is 0. The zero-order valence-electron chi connectivity index (χ0n) is 18.9. The van der Waals surface area contributed by atoms with Crippen LogP contribution in [0.2, 0.25) is 0 Å². The molecular formula is C24H31N5O4. The van der Waals surface area contributed by atoms with E-state index in [9.17, 15) is 4.79 Å². The molecule has 0 bridgehead atoms. The lowest BCUT2D eigenvalue weighted by Crippen LogP contribution is -2.39. The molecule has 0 radical (unpaired) electrons. The number of anilines is 1. The maximum absolute atomic E-state index is 13.2. The molecule has 9 heteroatoms. The SMILES string of the molecule is O=C(NC1CCc2ccccc21)c1cc(OCCN2CCOCC2)nc(N2CCOCC2)n1. The summed E-state index contributed by atoms with van der Waals surface area (Å²) in [5.41, 5.74) is 2.82. The van der Waals surface area contributed by atoms with Gasteiger partial charge in [-0.1, -0.05) is 24.3 Å². The average Bonchev–Trinajstić information content (AvgIpc) is 3.28. The Bertz CT molecular complexity index is 960. The number of nitrogens with zero attached hydrogens (tertiary/aromatic N) is 4. The lowest BCUT2D eigenvalue weighted by atomic mass is 10.1. The number of benzene rings is 1. The van der Waals surface area contributed by atoms with Gasteiger partial charge in [-0.25, -0.2) is 4.98 Å². The highest BCUT2D eigenvalue weighted by Gasteiger charge is 2.26. The highest BCUT2D eigenvalue weighted by Crippen LogP contribution is 2.31. The minimum atomic E-state index is -0.202. The van der Waals surface area contributed by atoms with Gasteiger partial charge in [-0.3, -0.25) is 9.69 Å². The maximum atomic E-state index is 13.2. The van der Waals surface area contributed by atoms with E-state index in [4.69, 9.17) is 14.2 Å². The molecular weight excluding hydrogens is 422 g/mol. The summed E-state index contributed by atoms with van der Waals surface area (Å²) in [5.74, 6) is 0.738. The Hall–Kier alpha value is -2.75. The molecule has 1 unspecified atom stereocenters. The molecule has 5 rings (SSSR count). The monoisotopic (exact) mass is 453 g/mol. The number of carbonyl (C=O) groups excluding carboxylic acids is 1. The van der Waals surface area contributed by atoms with Crippen molar-refractivity contribution < 1.29 is 19.0 Å². The van der Waals surface area contributed by atoms with Crippen molar-refractivity contribution in [3.8, 4) is 5.88 Å². The molecule has 1 amide bonds. The molecule has 0 saturated carbocycles. The topological polar surface area (TPSA) is 89.0 Å². The summed E-state index contributed by atoms with van der Waals surface area (Å²) in [7, 11) is 0. The zero-order valence-corrected chi connectivity index (χ0v) is 18.9. The van der Waals surface area contributed by atoms with Gasteiger partial charge in [-0.15, -0.1) is 0 Å². The molecule has 1 aromatic heterocycles. The van der Waals surface area contributed by atoms with E-state index >= 15 is 0 Å². The van der Waals surface area contributed by atoms with E-state index in [1.165, 1.54) is 11.1 Å². The van der Waals surface area contributed by atoms with Crippen LogP contribution in [0.3, 0.4) is 0 Å². The van der Waals surface area contributed by atoms with Gasteiger partial charge >= 0.3 is 0 Å². The highest BCUT2D eigenvalue weighted by atomic mass is 16.5. The molecule has 2 saturated heterocycles. The van der Waals surface area contributed by atoms with E-state index in [0.717, 1.165) is 45.7 Å². The van der Waals surface area contributed by atoms with Crippen molar-refractivity contribution >= 4 is 11.9 Å². The molecule has 9 nitrogen and oxygen atoms in total. The second kappa shape index (κ2) is 10.5. The van der Waals surface area contributed by atoms with Crippen LogP contribution >= 0.6 is 0 Å². The molecule has 2 fully saturated rings. The van der Waals surface area contributed by atoms with Crippen molar-refractivity contribution in [1.82, 2.24) is 20.2 Å². The van der Waals surface area contributed by atoms with Gasteiger partial charge in [0.25, 0.3) is 5.91 Å². The van der Waals surface area contributed by atoms with E-state index in [1.54, 1.807) is 6.07 Å². The number of aromatic nitrogens is 2. The van der Waals surface area contributed by atoms with E-state index in [0.29, 0.717) is 50.4 Å². The number of aryl methyl sites for hydroxylation is 1. The normalized spacial score (nSPS) is 21.0. The second-order valence-electron chi connectivity index (χ2n) is 8.56. The van der Waals surface area contributed by atoms with Crippen molar-refractivity contribution in [3.05, 3.63) is 47.2 Å². The summed E-state index contributed by atoms with van der Waals surface area (Å²) in [4.78, 5) is 26.7. The van der Waals surface area contributed by atoms with Crippen LogP contribution in [0.4, 0.5) is 5.95 Å². The molecule has 1 aliphatic carbocycles. The minimum absolute atomic E-state index is 0.00110. The molecule has 3 heterocycles. The van der Waals surface area contributed by atoms with Gasteiger partial charge in [0.05, 0.1) is 32.5 Å². The number of morpholine rings is 2. The molecule has 0 spiro atoms. The quantitative estimate of drug-likeness (QED) is 0.674. The Morgan fingerprint density at radius 3 is 2.64 bits per heavy atom. The van der Waals surface area contributed by atoms with Crippen LogP contribution in [-0.2, 0) is 15.9 Å². The number of ether oxygens (including phenoxy) is 3. The van der Waals surface area contributed by atoms with E-state index in [1.807, 2.05) is 17.0 Å². The predicted octanol–water partition coefficient (Wildman–Crippen LogP) is 1.44. The molecule has 1 atom stereocenters. The van der Waals surface area contributed by atoms with Gasteiger partial charge in [0, 0.05) is 38.8 Å². The number of amides is 1. The fourth-order valence-corrected chi connectivity index (χ4v) is 4.55. The number of hydrogen-bond donors (Lipinski definition) is 1. The Morgan fingerprint density at radius 1 is 1.06 bits per heavy atom. The van der Waals surface area contributed by atoms with E-state index < -0.39 is 0 Å². The van der Waals surface area contributed by atoms with Crippen molar-refractivity contribution in [2.45, 2.75) is 18.9 Å². The number of nitrogens with one attached hydrogen (secondary N) is 1. The number of fused-ring (bicyclic) bond motifs is 1. The first-order chi connectivity index (χ1) is 16.3. The van der Waals surface area contributed by atoms with Crippen molar-refractivity contribution in [1.29, 1.82) is 0 Å². The van der Waals surface area contributed by atoms with Gasteiger partial charge in [0.2, 0.25) is 11.8 Å². The molecule has 176 valence electrons. The van der Waals surface area contributed by atoms with Crippen molar-refractivity contribution in [3.63, 3.8) is 0 Å². The smallest absolute Gasteiger partial charge is 0.270 e. The van der Waals surface area contributed by atoms with Crippen LogP contribution in [-0.4, -0.2) is 86.5 Å². The lowest BCUT2D eigenvalue weighted by Gasteiger charge is -2.28. The Morgan fingerprint density at radius 2 is 1.82 bits per heavy atom. The second-order valence-corrected chi connectivity index (χ2v) is 8.56. The number of rotatable bonds is 7. The third kappa shape index (κ3) is 5.43. The molecule has 2 aliphatic heterocycles. The first kappa shape index (κ1) is 22.1. The molecule has 3 aliphatic rings. The van der Waals surface area contributed by atoms with Crippen LogP contribution in [0.5, 0.6) is 5.88 Å². The van der Waals surface area contributed by atoms with Crippen molar-refractivity contribution in [2.75, 3.05) is 70.7 Å². The Kier molecular flexibility index (Phi) is 6.99. The van der Waals surface area contributed by atoms with E-state index in [-0.39, 0.29) is 11.9 Å². The lowest BCUT2D eigenvalue weighted by molar-refractivity contribution is 0.0320. The zero-order chi connectivity index (χ0) is 22.5. The fourth-order valence-electron chi connectivity index (χ4n) is 4.55. The largest absolute Gasteiger partial charge is 0.476 e. The summed E-state index contributed by atoms with van der Waals surface area (Å²) in [6, 6.07) is 9.93. The first-order valence-electron chi connectivity index (χ1n) is 11.8. The average molecular weight is 454 g/mol. The van der Waals surface area contributed by atoms with Gasteiger partial charge in [-0.05, 0) is 24.0 Å². The molecule has 2 aromatic rings. The fraction of sp³-hybridized carbons (Fsp3) is 0.542. The van der Waals surface area contributed by atoms with Crippen molar-refractivity contribution in [2.24, 2.45) is 0 Å². The van der Waals surface area contributed by atoms with Gasteiger partial charge in [0.15, 0.2) is 0 Å². The Labute approximate surface area is 194 Å². The van der Waals surface area contributed by atoms with Gasteiger partial charge in [0.1, 0.15) is 12.3 Å². The van der Waals surface area contributed by atoms with Crippen LogP contribution < -0.4 is 15.0 Å². The maximum Gasteiger partial charge on any atom is 0.270 e. The van der Waals surface area contributed by atoms with Crippen LogP contribution in [0.1, 0.15) is 34.1 Å². The van der Waals surface area contributed by atoms with Crippen LogP contribution in [0.25, 0.3) is 0 Å². The van der Waals surface area contributed by atoms with E-state index in [2.05, 4.69) is 32.3 Å². The highest BCUT2D eigenvalue weighted by molar-refractivity contribution is 5.93. The number of hydrogen-bond acceptors (Lipinski definition) is 8. The van der Waals surface area contributed by atoms with Crippen LogP contribution in [0, 0.1) is 0 Å². The minimum Gasteiger partial charge on any atom is -0.476 e. The molecule has 1 aromatic carbocycles. The third-order valence-corrected chi connectivity index (χ3v) is 6.42. The van der Waals surface area contributed by atoms with Crippen LogP contribution in [0.15, 0.2) is 30.3 Å². The molecule has 33 heavy (non-hydrogen) atoms. The molecule has 1 N–H and O–H groups in total. The van der Waals surface area contributed by atoms with Gasteiger partial charge in [-0.2, -0.15) is 4.98 Å².